The van der Waals surface area contributed by atoms with Crippen LogP contribution in [-0.4, -0.2) is 58.2 Å². The predicted octanol–water partition coefficient (Wildman–Crippen LogP) is 1.21. The molecule has 27 heavy (non-hydrogen) atoms. The Balaban J connectivity index is 2.16. The number of carbonyl (C=O) groups is 1. The predicted molar refractivity (Wildman–Crippen MR) is 101 cm³/mol. The Morgan fingerprint density at radius 2 is 2.11 bits per heavy atom. The molecule has 2 atom stereocenters. The molecule has 0 radical (unpaired) electrons. The van der Waals surface area contributed by atoms with E-state index in [2.05, 4.69) is 12.6 Å². The molecule has 0 bridgehead atoms. The van der Waals surface area contributed by atoms with E-state index >= 15 is 0 Å². The molecule has 1 aromatic carbocycles. The van der Waals surface area contributed by atoms with Gasteiger partial charge in [0.1, 0.15) is 16.9 Å². The Hall–Kier alpha value is -2.23. The van der Waals surface area contributed by atoms with Gasteiger partial charge >= 0.3 is 5.97 Å². The first-order chi connectivity index (χ1) is 12.8. The number of piperidine rings is 1. The van der Waals surface area contributed by atoms with Crippen LogP contribution in [0, 0.1) is 0 Å². The molecule has 0 saturated carbocycles. The number of fused-ring (bicyclic) bond motifs is 1. The number of nitrogens with zero attached hydrogens (tertiary/aromatic N) is 1. The van der Waals surface area contributed by atoms with Gasteiger partial charge < -0.3 is 29.4 Å². The minimum absolute atomic E-state index is 0.0245. The van der Waals surface area contributed by atoms with E-state index < -0.39 is 29.2 Å². The highest BCUT2D eigenvalue weighted by atomic mass is 32.1. The third-order valence-electron chi connectivity index (χ3n) is 4.66. The van der Waals surface area contributed by atoms with E-state index in [1.54, 1.807) is 0 Å². The van der Waals surface area contributed by atoms with Gasteiger partial charge in [-0.05, 0) is 20.0 Å². The van der Waals surface area contributed by atoms with Crippen LogP contribution in [0.3, 0.4) is 0 Å². The van der Waals surface area contributed by atoms with Crippen molar-refractivity contribution < 1.29 is 29.3 Å². The highest BCUT2D eigenvalue weighted by molar-refractivity contribution is 7.80. The van der Waals surface area contributed by atoms with Crippen LogP contribution >= 0.6 is 12.6 Å². The fourth-order valence-electron chi connectivity index (χ4n) is 3.39. The highest BCUT2D eigenvalue weighted by Crippen LogP contribution is 2.42. The molecule has 0 amide bonds. The van der Waals surface area contributed by atoms with Crippen molar-refractivity contribution in [2.45, 2.75) is 24.9 Å². The van der Waals surface area contributed by atoms with Crippen LogP contribution in [0.1, 0.15) is 24.3 Å². The molecule has 146 valence electrons. The van der Waals surface area contributed by atoms with Crippen molar-refractivity contribution in [2.75, 3.05) is 25.9 Å². The molecule has 2 heterocycles. The fraction of sp³-hybridized carbons (Fsp3) is 0.444. The molecule has 1 aliphatic heterocycles. The Bertz CT molecular complexity index is 926. The summed E-state index contributed by atoms with van der Waals surface area (Å²) in [6, 6.07) is 2.02. The van der Waals surface area contributed by atoms with Crippen LogP contribution in [0.2, 0.25) is 0 Å². The first kappa shape index (κ1) is 19.5. The van der Waals surface area contributed by atoms with E-state index in [0.29, 0.717) is 19.5 Å². The Kier molecular flexibility index (Phi) is 5.64. The number of aromatic hydroxyl groups is 2. The molecule has 3 N–H and O–H groups in total. The quantitative estimate of drug-likeness (QED) is 0.450. The van der Waals surface area contributed by atoms with E-state index in [0.717, 1.165) is 12.1 Å². The standard InChI is InChI=1S/C18H21NO7S/c1-19-4-2-9(13(23)8-19)16-10(20)6-11(21)17-12(22)7-15(26-18(16)17)25-14(24)3-5-27/h6-7,9,13,20-21,23,27H,2-5,8H2,1H3. The maximum atomic E-state index is 12.5. The topological polar surface area (TPSA) is 120 Å². The Morgan fingerprint density at radius 1 is 1.37 bits per heavy atom. The fourth-order valence-corrected chi connectivity index (χ4v) is 3.57. The molecule has 2 unspecified atom stereocenters. The number of likely N-dealkylation sites (tertiary alicyclic amines) is 1. The monoisotopic (exact) mass is 395 g/mol. The summed E-state index contributed by atoms with van der Waals surface area (Å²) in [6.45, 7) is 1.05. The lowest BCUT2D eigenvalue weighted by Crippen LogP contribution is -2.40. The summed E-state index contributed by atoms with van der Waals surface area (Å²) in [4.78, 5) is 26.1. The van der Waals surface area contributed by atoms with Gasteiger partial charge in [-0.3, -0.25) is 9.59 Å². The number of benzene rings is 1. The van der Waals surface area contributed by atoms with Gasteiger partial charge in [0.05, 0.1) is 18.6 Å². The molecule has 0 spiro atoms. The first-order valence-electron chi connectivity index (χ1n) is 8.52. The van der Waals surface area contributed by atoms with Crippen LogP contribution in [0.4, 0.5) is 0 Å². The van der Waals surface area contributed by atoms with Gasteiger partial charge in [0.25, 0.3) is 5.95 Å². The van der Waals surface area contributed by atoms with Crippen LogP contribution in [0.5, 0.6) is 17.4 Å². The lowest BCUT2D eigenvalue weighted by atomic mass is 9.85. The SMILES string of the molecule is CN1CCC(c2c(O)cc(O)c3c(=O)cc(OC(=O)CCS)oc23)C(O)C1. The summed E-state index contributed by atoms with van der Waals surface area (Å²) in [5.41, 5.74) is -0.499. The number of aliphatic hydroxyl groups is 1. The summed E-state index contributed by atoms with van der Waals surface area (Å²) in [6.07, 6.45) is -0.266. The van der Waals surface area contributed by atoms with Crippen molar-refractivity contribution in [3.05, 3.63) is 27.9 Å². The summed E-state index contributed by atoms with van der Waals surface area (Å²) < 4.78 is 10.6. The van der Waals surface area contributed by atoms with Crippen molar-refractivity contribution >= 4 is 29.6 Å². The van der Waals surface area contributed by atoms with Crippen LogP contribution in [0.15, 0.2) is 21.3 Å². The van der Waals surface area contributed by atoms with Crippen molar-refractivity contribution in [3.8, 4) is 17.4 Å². The summed E-state index contributed by atoms with van der Waals surface area (Å²) >= 11 is 3.94. The molecule has 3 rings (SSSR count). The summed E-state index contributed by atoms with van der Waals surface area (Å²) in [5, 5.41) is 30.9. The van der Waals surface area contributed by atoms with Gasteiger partial charge in [-0.25, -0.2) is 0 Å². The van der Waals surface area contributed by atoms with E-state index in [-0.39, 0.29) is 40.4 Å². The number of rotatable bonds is 4. The van der Waals surface area contributed by atoms with E-state index in [4.69, 9.17) is 9.15 Å². The molecule has 1 aromatic heterocycles. The van der Waals surface area contributed by atoms with Gasteiger partial charge in [0.2, 0.25) is 0 Å². The number of esters is 1. The summed E-state index contributed by atoms with van der Waals surface area (Å²) in [5.74, 6) is -1.95. The second-order valence-corrected chi connectivity index (χ2v) is 7.08. The molecule has 1 saturated heterocycles. The normalized spacial score (nSPS) is 20.7. The van der Waals surface area contributed by atoms with E-state index in [1.165, 1.54) is 0 Å². The number of hydrogen-bond donors (Lipinski definition) is 4. The van der Waals surface area contributed by atoms with E-state index in [1.807, 2.05) is 11.9 Å². The largest absolute Gasteiger partial charge is 0.507 e. The number of phenols is 2. The zero-order valence-electron chi connectivity index (χ0n) is 14.7. The molecule has 9 heteroatoms. The smallest absolute Gasteiger partial charge is 0.314 e. The lowest BCUT2D eigenvalue weighted by Gasteiger charge is -2.34. The number of ether oxygens (including phenoxy) is 1. The summed E-state index contributed by atoms with van der Waals surface area (Å²) in [7, 11) is 1.87. The average Bonchev–Trinajstić information content (AvgIpc) is 2.56. The molecule has 1 fully saturated rings. The third-order valence-corrected chi connectivity index (χ3v) is 4.88. The first-order valence-corrected chi connectivity index (χ1v) is 9.16. The van der Waals surface area contributed by atoms with Gasteiger partial charge in [-0.1, -0.05) is 0 Å². The van der Waals surface area contributed by atoms with Crippen molar-refractivity contribution in [3.63, 3.8) is 0 Å². The van der Waals surface area contributed by atoms with Crippen LogP contribution in [0.25, 0.3) is 11.0 Å². The van der Waals surface area contributed by atoms with Crippen molar-refractivity contribution in [1.82, 2.24) is 4.90 Å². The van der Waals surface area contributed by atoms with Gasteiger partial charge in [-0.2, -0.15) is 12.6 Å². The number of β-amino-alcohol motifs (C(OH)–C–C–N with tert-alkyl or cyclic N) is 1. The van der Waals surface area contributed by atoms with Crippen LogP contribution < -0.4 is 10.2 Å². The van der Waals surface area contributed by atoms with Crippen molar-refractivity contribution in [1.29, 1.82) is 0 Å². The van der Waals surface area contributed by atoms with E-state index in [9.17, 15) is 24.9 Å². The second-order valence-electron chi connectivity index (χ2n) is 6.63. The number of phenolic OH excluding ortho intramolecular Hbond substituents is 2. The molecule has 2 aromatic rings. The zero-order valence-corrected chi connectivity index (χ0v) is 15.6. The number of aliphatic hydroxyl groups excluding tert-OH is 1. The molecular formula is C18H21NO7S. The lowest BCUT2D eigenvalue weighted by molar-refractivity contribution is -0.135. The number of hydrogen-bond acceptors (Lipinski definition) is 9. The second kappa shape index (κ2) is 7.79. The molecule has 1 aliphatic rings. The van der Waals surface area contributed by atoms with Gasteiger partial charge in [-0.15, -0.1) is 0 Å². The minimum Gasteiger partial charge on any atom is -0.507 e. The van der Waals surface area contributed by atoms with Gasteiger partial charge in [0.15, 0.2) is 11.0 Å². The zero-order chi connectivity index (χ0) is 19.7. The Morgan fingerprint density at radius 3 is 2.78 bits per heavy atom. The average molecular weight is 395 g/mol. The highest BCUT2D eigenvalue weighted by Gasteiger charge is 2.33. The third kappa shape index (κ3) is 3.90. The molecule has 0 aliphatic carbocycles. The van der Waals surface area contributed by atoms with Crippen LogP contribution in [-0.2, 0) is 4.79 Å². The molecule has 8 nitrogen and oxygen atoms in total. The minimum atomic E-state index is -0.803. The maximum absolute atomic E-state index is 12.5. The number of thiol groups is 1. The molecular weight excluding hydrogens is 374 g/mol. The number of carbonyl (C=O) groups excluding carboxylic acids is 1. The van der Waals surface area contributed by atoms with Crippen molar-refractivity contribution in [2.24, 2.45) is 0 Å². The Labute approximate surface area is 160 Å². The van der Waals surface area contributed by atoms with Gasteiger partial charge in [0, 0.05) is 29.8 Å². The number of likely N-dealkylation sites (N-methyl/N-ethyl adjacent to an activating group) is 1. The maximum Gasteiger partial charge on any atom is 0.314 e.